The van der Waals surface area contributed by atoms with Crippen molar-refractivity contribution in [3.63, 3.8) is 0 Å². The van der Waals surface area contributed by atoms with Gasteiger partial charge in [0.1, 0.15) is 6.61 Å². The Morgan fingerprint density at radius 2 is 1.92 bits per heavy atom. The van der Waals surface area contributed by atoms with Gasteiger partial charge in [0.15, 0.2) is 11.5 Å². The number of halogens is 1. The topological polar surface area (TPSA) is 61.6 Å². The van der Waals surface area contributed by atoms with Gasteiger partial charge in [0.05, 0.1) is 16.0 Å². The van der Waals surface area contributed by atoms with E-state index in [0.29, 0.717) is 34.7 Å². The van der Waals surface area contributed by atoms with Gasteiger partial charge in [-0.05, 0) is 53.0 Å². The lowest BCUT2D eigenvalue weighted by atomic mass is 10.1. The van der Waals surface area contributed by atoms with Crippen LogP contribution in [-0.2, 0) is 6.61 Å². The SMILES string of the molecule is CCOc1cc(C=C[N+](=O)[O-])cc(Br)c1OCc1ccc(C)cc1. The average molecular weight is 392 g/mol. The van der Waals surface area contributed by atoms with E-state index in [0.717, 1.165) is 11.8 Å². The van der Waals surface area contributed by atoms with Crippen LogP contribution in [0.4, 0.5) is 0 Å². The number of hydrogen-bond donors (Lipinski definition) is 0. The van der Waals surface area contributed by atoms with Gasteiger partial charge < -0.3 is 9.47 Å². The van der Waals surface area contributed by atoms with Gasteiger partial charge in [-0.3, -0.25) is 10.1 Å². The van der Waals surface area contributed by atoms with E-state index in [9.17, 15) is 10.1 Å². The monoisotopic (exact) mass is 391 g/mol. The summed E-state index contributed by atoms with van der Waals surface area (Å²) in [7, 11) is 0. The molecule has 0 unspecified atom stereocenters. The van der Waals surface area contributed by atoms with E-state index < -0.39 is 4.92 Å². The predicted molar refractivity (Wildman–Crippen MR) is 96.9 cm³/mol. The van der Waals surface area contributed by atoms with Crippen LogP contribution in [0.2, 0.25) is 0 Å². The molecule has 0 fully saturated rings. The molecule has 0 saturated heterocycles. The zero-order valence-corrected chi connectivity index (χ0v) is 15.1. The Balaban J connectivity index is 2.23. The number of hydrogen-bond acceptors (Lipinski definition) is 4. The van der Waals surface area contributed by atoms with Gasteiger partial charge in [-0.1, -0.05) is 29.8 Å². The van der Waals surface area contributed by atoms with E-state index in [-0.39, 0.29) is 0 Å². The summed E-state index contributed by atoms with van der Waals surface area (Å²) in [6.45, 7) is 4.78. The molecule has 6 heteroatoms. The van der Waals surface area contributed by atoms with Crippen LogP contribution in [0.25, 0.3) is 6.08 Å². The molecule has 0 bridgehead atoms. The molecular formula is C18H18BrNO4. The molecule has 0 N–H and O–H groups in total. The van der Waals surface area contributed by atoms with Gasteiger partial charge in [0.2, 0.25) is 6.20 Å². The fraction of sp³-hybridized carbons (Fsp3) is 0.222. The molecule has 2 aromatic carbocycles. The predicted octanol–water partition coefficient (Wildman–Crippen LogP) is 4.98. The first-order valence-electron chi connectivity index (χ1n) is 7.46. The minimum Gasteiger partial charge on any atom is -0.490 e. The third-order valence-electron chi connectivity index (χ3n) is 3.22. The smallest absolute Gasteiger partial charge is 0.235 e. The van der Waals surface area contributed by atoms with Crippen LogP contribution < -0.4 is 9.47 Å². The Kier molecular flexibility index (Phi) is 6.37. The molecule has 0 aliphatic rings. The Labute approximate surface area is 149 Å². The molecule has 126 valence electrons. The van der Waals surface area contributed by atoms with Gasteiger partial charge in [-0.25, -0.2) is 0 Å². The highest BCUT2D eigenvalue weighted by molar-refractivity contribution is 9.10. The summed E-state index contributed by atoms with van der Waals surface area (Å²) in [6.07, 6.45) is 2.31. The highest BCUT2D eigenvalue weighted by atomic mass is 79.9. The van der Waals surface area contributed by atoms with E-state index in [2.05, 4.69) is 15.9 Å². The van der Waals surface area contributed by atoms with E-state index in [1.165, 1.54) is 11.6 Å². The lowest BCUT2D eigenvalue weighted by Crippen LogP contribution is -2.01. The quantitative estimate of drug-likeness (QED) is 0.492. The summed E-state index contributed by atoms with van der Waals surface area (Å²) in [5.74, 6) is 1.12. The van der Waals surface area contributed by atoms with Crippen molar-refractivity contribution in [1.29, 1.82) is 0 Å². The fourth-order valence-corrected chi connectivity index (χ4v) is 2.65. The number of nitrogens with zero attached hydrogens (tertiary/aromatic N) is 1. The van der Waals surface area contributed by atoms with Crippen LogP contribution in [0, 0.1) is 17.0 Å². The second-order valence-electron chi connectivity index (χ2n) is 5.14. The fourth-order valence-electron chi connectivity index (χ4n) is 2.07. The van der Waals surface area contributed by atoms with Gasteiger partial charge in [0.25, 0.3) is 0 Å². The van der Waals surface area contributed by atoms with E-state index in [4.69, 9.17) is 9.47 Å². The highest BCUT2D eigenvalue weighted by Crippen LogP contribution is 2.37. The Hall–Kier alpha value is -2.34. The maximum absolute atomic E-state index is 10.5. The first-order chi connectivity index (χ1) is 11.5. The van der Waals surface area contributed by atoms with Crippen molar-refractivity contribution >= 4 is 22.0 Å². The van der Waals surface area contributed by atoms with Gasteiger partial charge in [-0.15, -0.1) is 0 Å². The molecule has 0 atom stereocenters. The van der Waals surface area contributed by atoms with Crippen LogP contribution >= 0.6 is 15.9 Å². The van der Waals surface area contributed by atoms with Crippen molar-refractivity contribution in [3.8, 4) is 11.5 Å². The van der Waals surface area contributed by atoms with Gasteiger partial charge in [0, 0.05) is 6.08 Å². The highest BCUT2D eigenvalue weighted by Gasteiger charge is 2.12. The molecule has 2 rings (SSSR count). The number of ether oxygens (including phenoxy) is 2. The van der Waals surface area contributed by atoms with Crippen molar-refractivity contribution in [1.82, 2.24) is 0 Å². The minimum atomic E-state index is -0.504. The van der Waals surface area contributed by atoms with Crippen LogP contribution in [0.1, 0.15) is 23.6 Å². The average Bonchev–Trinajstić information content (AvgIpc) is 2.54. The van der Waals surface area contributed by atoms with Gasteiger partial charge >= 0.3 is 0 Å². The summed E-state index contributed by atoms with van der Waals surface area (Å²) < 4.78 is 12.2. The molecular weight excluding hydrogens is 374 g/mol. The minimum absolute atomic E-state index is 0.406. The van der Waals surface area contributed by atoms with Crippen molar-refractivity contribution in [3.05, 3.63) is 73.9 Å². The van der Waals surface area contributed by atoms with Crippen LogP contribution in [0.5, 0.6) is 11.5 Å². The maximum atomic E-state index is 10.5. The molecule has 2 aromatic rings. The summed E-state index contributed by atoms with van der Waals surface area (Å²) in [5.41, 5.74) is 2.90. The summed E-state index contributed by atoms with van der Waals surface area (Å²) >= 11 is 3.45. The second-order valence-corrected chi connectivity index (χ2v) is 5.99. The van der Waals surface area contributed by atoms with Crippen molar-refractivity contribution in [2.24, 2.45) is 0 Å². The Morgan fingerprint density at radius 3 is 2.54 bits per heavy atom. The van der Waals surface area contributed by atoms with Crippen molar-refractivity contribution in [2.75, 3.05) is 6.61 Å². The first kappa shape index (κ1) is 18.0. The number of nitro groups is 1. The zero-order valence-electron chi connectivity index (χ0n) is 13.5. The largest absolute Gasteiger partial charge is 0.490 e. The first-order valence-corrected chi connectivity index (χ1v) is 8.25. The van der Waals surface area contributed by atoms with E-state index in [1.807, 2.05) is 38.1 Å². The lowest BCUT2D eigenvalue weighted by molar-refractivity contribution is -0.400. The molecule has 5 nitrogen and oxygen atoms in total. The van der Waals surface area contributed by atoms with Crippen molar-refractivity contribution < 1.29 is 14.4 Å². The molecule has 0 aliphatic carbocycles. The summed E-state index contributed by atoms with van der Waals surface area (Å²) in [5, 5.41) is 10.5. The normalized spacial score (nSPS) is 10.8. The number of aryl methyl sites for hydroxylation is 1. The lowest BCUT2D eigenvalue weighted by Gasteiger charge is -2.14. The molecule has 0 radical (unpaired) electrons. The maximum Gasteiger partial charge on any atom is 0.235 e. The third kappa shape index (κ3) is 5.09. The molecule has 0 aromatic heterocycles. The van der Waals surface area contributed by atoms with E-state index in [1.54, 1.807) is 12.1 Å². The third-order valence-corrected chi connectivity index (χ3v) is 3.81. The zero-order chi connectivity index (χ0) is 17.5. The molecule has 0 saturated carbocycles. The molecule has 0 heterocycles. The van der Waals surface area contributed by atoms with Crippen LogP contribution in [0.15, 0.2) is 47.1 Å². The van der Waals surface area contributed by atoms with Crippen molar-refractivity contribution in [2.45, 2.75) is 20.5 Å². The summed E-state index contributed by atoms with van der Waals surface area (Å²) in [4.78, 5) is 9.97. The van der Waals surface area contributed by atoms with E-state index >= 15 is 0 Å². The Bertz CT molecular complexity index is 741. The number of rotatable bonds is 7. The van der Waals surface area contributed by atoms with Crippen LogP contribution in [-0.4, -0.2) is 11.5 Å². The molecule has 0 spiro atoms. The standard InChI is InChI=1S/C18H18BrNO4/c1-3-23-17-11-15(8-9-20(21)22)10-16(19)18(17)24-12-14-6-4-13(2)5-7-14/h4-11H,3,12H2,1-2H3. The van der Waals surface area contributed by atoms with Gasteiger partial charge in [-0.2, -0.15) is 0 Å². The second kappa shape index (κ2) is 8.49. The number of benzene rings is 2. The Morgan fingerprint density at radius 1 is 1.21 bits per heavy atom. The van der Waals surface area contributed by atoms with Crippen LogP contribution in [0.3, 0.4) is 0 Å². The molecule has 24 heavy (non-hydrogen) atoms. The molecule has 0 aliphatic heterocycles. The molecule has 0 amide bonds. The summed E-state index contributed by atoms with van der Waals surface area (Å²) in [6, 6.07) is 11.6.